The molecule has 0 unspecified atom stereocenters. The van der Waals surface area contributed by atoms with Crippen molar-refractivity contribution in [2.24, 2.45) is 0 Å². The van der Waals surface area contributed by atoms with E-state index in [9.17, 15) is 9.59 Å². The fourth-order valence-electron chi connectivity index (χ4n) is 1.94. The van der Waals surface area contributed by atoms with Crippen LogP contribution in [0.25, 0.3) is 0 Å². The maximum absolute atomic E-state index is 12.3. The van der Waals surface area contributed by atoms with E-state index in [-0.39, 0.29) is 17.9 Å². The third-order valence-electron chi connectivity index (χ3n) is 2.96. The van der Waals surface area contributed by atoms with Crippen LogP contribution in [0.3, 0.4) is 0 Å². The van der Waals surface area contributed by atoms with Crippen LogP contribution in [0, 0.1) is 6.92 Å². The highest BCUT2D eigenvalue weighted by molar-refractivity contribution is 6.02. The predicted molar refractivity (Wildman–Crippen MR) is 81.7 cm³/mol. The molecule has 0 aliphatic rings. The minimum Gasteiger partial charge on any atom is -0.496 e. The molecule has 1 aromatic heterocycles. The summed E-state index contributed by atoms with van der Waals surface area (Å²) < 4.78 is 15.1. The molecule has 0 aliphatic heterocycles. The summed E-state index contributed by atoms with van der Waals surface area (Å²) in [6.45, 7) is 1.48. The Bertz CT molecular complexity index is 689. The molecule has 0 saturated heterocycles. The van der Waals surface area contributed by atoms with E-state index in [1.807, 2.05) is 0 Å². The van der Waals surface area contributed by atoms with Gasteiger partial charge in [0, 0.05) is 6.07 Å². The number of hydrogen-bond donors (Lipinski definition) is 2. The zero-order valence-electron chi connectivity index (χ0n) is 13.0. The van der Waals surface area contributed by atoms with Gasteiger partial charge in [0.05, 0.1) is 20.8 Å². The summed E-state index contributed by atoms with van der Waals surface area (Å²) in [5.41, 5.74) is 0.225. The van der Waals surface area contributed by atoms with Gasteiger partial charge in [-0.1, -0.05) is 11.2 Å². The number of nitrogens with zero attached hydrogens (tertiary/aromatic N) is 1. The van der Waals surface area contributed by atoms with Crippen LogP contribution in [-0.2, 0) is 4.79 Å². The largest absolute Gasteiger partial charge is 0.496 e. The molecule has 2 N–H and O–H groups in total. The van der Waals surface area contributed by atoms with Crippen molar-refractivity contribution >= 4 is 17.6 Å². The van der Waals surface area contributed by atoms with Crippen molar-refractivity contribution in [2.45, 2.75) is 6.92 Å². The lowest BCUT2D eigenvalue weighted by atomic mass is 10.1. The van der Waals surface area contributed by atoms with Crippen molar-refractivity contribution < 1.29 is 23.6 Å². The van der Waals surface area contributed by atoms with E-state index in [1.54, 1.807) is 31.2 Å². The van der Waals surface area contributed by atoms with Gasteiger partial charge in [-0.25, -0.2) is 0 Å². The Hall–Kier alpha value is -3.03. The molecule has 0 radical (unpaired) electrons. The molecule has 23 heavy (non-hydrogen) atoms. The van der Waals surface area contributed by atoms with Gasteiger partial charge >= 0.3 is 0 Å². The van der Waals surface area contributed by atoms with E-state index in [1.165, 1.54) is 14.2 Å². The number of hydrogen-bond acceptors (Lipinski definition) is 6. The first-order valence-electron chi connectivity index (χ1n) is 6.77. The smallest absolute Gasteiger partial charge is 0.259 e. The number of nitrogens with one attached hydrogen (secondary N) is 2. The molecule has 8 nitrogen and oxygen atoms in total. The van der Waals surface area contributed by atoms with Gasteiger partial charge in [0.15, 0.2) is 5.82 Å². The number of aromatic nitrogens is 1. The van der Waals surface area contributed by atoms with Crippen molar-refractivity contribution in [2.75, 3.05) is 26.1 Å². The molecule has 2 aromatic rings. The molecule has 8 heteroatoms. The van der Waals surface area contributed by atoms with Crippen molar-refractivity contribution in [1.29, 1.82) is 0 Å². The summed E-state index contributed by atoms with van der Waals surface area (Å²) >= 11 is 0. The van der Waals surface area contributed by atoms with Gasteiger partial charge in [-0.2, -0.15) is 0 Å². The Morgan fingerprint density at radius 3 is 2.39 bits per heavy atom. The predicted octanol–water partition coefficient (Wildman–Crippen LogP) is 1.37. The van der Waals surface area contributed by atoms with E-state index in [0.717, 1.165) is 0 Å². The Kier molecular flexibility index (Phi) is 5.19. The Morgan fingerprint density at radius 2 is 1.87 bits per heavy atom. The molecular formula is C15H17N3O5. The number of carbonyl (C=O) groups is 2. The average Bonchev–Trinajstić information content (AvgIpc) is 2.96. The number of anilines is 1. The van der Waals surface area contributed by atoms with Crippen LogP contribution in [-0.4, -0.2) is 37.7 Å². The second kappa shape index (κ2) is 7.30. The molecular weight excluding hydrogens is 302 g/mol. The zero-order valence-corrected chi connectivity index (χ0v) is 13.0. The molecule has 2 amide bonds. The normalized spacial score (nSPS) is 10.0. The van der Waals surface area contributed by atoms with E-state index >= 15 is 0 Å². The van der Waals surface area contributed by atoms with Crippen LogP contribution in [0.5, 0.6) is 11.5 Å². The highest BCUT2D eigenvalue weighted by Crippen LogP contribution is 2.27. The lowest BCUT2D eigenvalue weighted by Gasteiger charge is -2.12. The fourth-order valence-corrected chi connectivity index (χ4v) is 1.94. The van der Waals surface area contributed by atoms with E-state index in [0.29, 0.717) is 17.3 Å². The van der Waals surface area contributed by atoms with Crippen molar-refractivity contribution in [3.8, 4) is 11.5 Å². The molecule has 0 atom stereocenters. The number of carbonyl (C=O) groups excluding carboxylic acids is 2. The van der Waals surface area contributed by atoms with Gasteiger partial charge in [0.1, 0.15) is 22.8 Å². The van der Waals surface area contributed by atoms with Gasteiger partial charge in [0.25, 0.3) is 5.91 Å². The van der Waals surface area contributed by atoms with Crippen LogP contribution in [0.1, 0.15) is 16.1 Å². The molecule has 0 bridgehead atoms. The molecule has 1 aromatic carbocycles. The molecule has 0 spiro atoms. The average molecular weight is 319 g/mol. The van der Waals surface area contributed by atoms with Gasteiger partial charge in [-0.05, 0) is 19.1 Å². The number of amides is 2. The minimum atomic E-state index is -0.481. The highest BCUT2D eigenvalue weighted by Gasteiger charge is 2.18. The maximum atomic E-state index is 12.3. The molecule has 0 aliphatic carbocycles. The van der Waals surface area contributed by atoms with E-state index in [2.05, 4.69) is 15.8 Å². The quantitative estimate of drug-likeness (QED) is 0.833. The number of ether oxygens (including phenoxy) is 2. The SMILES string of the molecule is COc1cccc(OC)c1C(=O)NCC(=O)Nc1cc(C)on1. The van der Waals surface area contributed by atoms with Gasteiger partial charge in [0.2, 0.25) is 5.91 Å². The summed E-state index contributed by atoms with van der Waals surface area (Å²) in [5, 5.41) is 8.65. The number of methoxy groups -OCH3 is 2. The Morgan fingerprint density at radius 1 is 1.22 bits per heavy atom. The van der Waals surface area contributed by atoms with Gasteiger partial charge in [-0.3, -0.25) is 9.59 Å². The first kappa shape index (κ1) is 16.3. The number of rotatable bonds is 6. The summed E-state index contributed by atoms with van der Waals surface area (Å²) in [6, 6.07) is 6.54. The molecule has 0 fully saturated rings. The third kappa shape index (κ3) is 4.00. The topological polar surface area (TPSA) is 103 Å². The highest BCUT2D eigenvalue weighted by atomic mass is 16.5. The van der Waals surface area contributed by atoms with E-state index in [4.69, 9.17) is 14.0 Å². The first-order chi connectivity index (χ1) is 11.0. The van der Waals surface area contributed by atoms with Crippen molar-refractivity contribution in [3.05, 3.63) is 35.6 Å². The standard InChI is InChI=1S/C15H17N3O5/c1-9-7-12(18-23-9)17-13(19)8-16-15(20)14-10(21-2)5-4-6-11(14)22-3/h4-7H,8H2,1-3H3,(H,16,20)(H,17,18,19). The Balaban J connectivity index is 2.01. The first-order valence-corrected chi connectivity index (χ1v) is 6.77. The van der Waals surface area contributed by atoms with Crippen molar-refractivity contribution in [3.63, 3.8) is 0 Å². The molecule has 122 valence electrons. The maximum Gasteiger partial charge on any atom is 0.259 e. The summed E-state index contributed by atoms with van der Waals surface area (Å²) in [4.78, 5) is 24.1. The Labute approximate surface area is 132 Å². The van der Waals surface area contributed by atoms with Crippen LogP contribution >= 0.6 is 0 Å². The fraction of sp³-hybridized carbons (Fsp3) is 0.267. The number of benzene rings is 1. The lowest BCUT2D eigenvalue weighted by molar-refractivity contribution is -0.115. The van der Waals surface area contributed by atoms with Crippen molar-refractivity contribution in [1.82, 2.24) is 10.5 Å². The van der Waals surface area contributed by atoms with Gasteiger partial charge < -0.3 is 24.6 Å². The van der Waals surface area contributed by atoms with Gasteiger partial charge in [-0.15, -0.1) is 0 Å². The second-order valence-electron chi connectivity index (χ2n) is 4.59. The summed E-state index contributed by atoms with van der Waals surface area (Å²) in [6.07, 6.45) is 0. The van der Waals surface area contributed by atoms with Crippen LogP contribution < -0.4 is 20.1 Å². The van der Waals surface area contributed by atoms with Crippen LogP contribution in [0.4, 0.5) is 5.82 Å². The monoisotopic (exact) mass is 319 g/mol. The molecule has 2 rings (SSSR count). The van der Waals surface area contributed by atoms with E-state index < -0.39 is 11.8 Å². The third-order valence-corrected chi connectivity index (χ3v) is 2.96. The summed E-state index contributed by atoms with van der Waals surface area (Å²) in [5.74, 6) is 0.662. The van der Waals surface area contributed by atoms with Crippen LogP contribution in [0.15, 0.2) is 28.8 Å². The second-order valence-corrected chi connectivity index (χ2v) is 4.59. The minimum absolute atomic E-state index is 0.225. The lowest BCUT2D eigenvalue weighted by Crippen LogP contribution is -2.33. The summed E-state index contributed by atoms with van der Waals surface area (Å²) in [7, 11) is 2.90. The zero-order chi connectivity index (χ0) is 16.8. The number of aryl methyl sites for hydroxylation is 1. The molecule has 1 heterocycles. The molecule has 0 saturated carbocycles. The van der Waals surface area contributed by atoms with Crippen LogP contribution in [0.2, 0.25) is 0 Å².